The number of aryl methyl sites for hydroxylation is 2. The van der Waals surface area contributed by atoms with Gasteiger partial charge in [-0.15, -0.1) is 0 Å². The molecule has 2 rings (SSSR count). The average molecular weight is 389 g/mol. The topological polar surface area (TPSA) is 64.7 Å². The SMILES string of the molecule is Cc1nn(CCCNC(=O)Cn2ncc(Br)c2C)c(C)c1Cl. The maximum absolute atomic E-state index is 11.9. The molecule has 2 heterocycles. The number of halogens is 2. The minimum absolute atomic E-state index is 0.0508. The Hall–Kier alpha value is -1.34. The molecule has 0 saturated heterocycles. The van der Waals surface area contributed by atoms with Gasteiger partial charge in [0.25, 0.3) is 0 Å². The van der Waals surface area contributed by atoms with Crippen LogP contribution in [0.15, 0.2) is 10.7 Å². The van der Waals surface area contributed by atoms with E-state index in [4.69, 9.17) is 11.6 Å². The third-order valence-corrected chi connectivity index (χ3v) is 4.82. The largest absolute Gasteiger partial charge is 0.354 e. The Balaban J connectivity index is 1.75. The molecule has 0 fully saturated rings. The highest BCUT2D eigenvalue weighted by Crippen LogP contribution is 2.18. The van der Waals surface area contributed by atoms with Crippen molar-refractivity contribution in [2.45, 2.75) is 40.3 Å². The fourth-order valence-electron chi connectivity index (χ4n) is 2.12. The van der Waals surface area contributed by atoms with E-state index in [0.29, 0.717) is 11.6 Å². The normalized spacial score (nSPS) is 11.0. The standard InChI is InChI=1S/C14H19BrClN5O/c1-9-14(16)11(3)20(19-9)6-4-5-17-13(22)8-21-10(2)12(15)7-18-21/h7H,4-6,8H2,1-3H3,(H,17,22). The highest BCUT2D eigenvalue weighted by Gasteiger charge is 2.10. The molecule has 0 bridgehead atoms. The van der Waals surface area contributed by atoms with Gasteiger partial charge in [-0.2, -0.15) is 10.2 Å². The molecule has 6 nitrogen and oxygen atoms in total. The highest BCUT2D eigenvalue weighted by molar-refractivity contribution is 9.10. The van der Waals surface area contributed by atoms with Crippen LogP contribution in [-0.2, 0) is 17.9 Å². The lowest BCUT2D eigenvalue weighted by Crippen LogP contribution is -2.29. The maximum atomic E-state index is 11.9. The van der Waals surface area contributed by atoms with Crippen molar-refractivity contribution in [3.05, 3.63) is 32.8 Å². The predicted octanol–water partition coefficient (Wildman–Crippen LogP) is 2.63. The van der Waals surface area contributed by atoms with Gasteiger partial charge in [0.2, 0.25) is 5.91 Å². The Morgan fingerprint density at radius 2 is 2.05 bits per heavy atom. The summed E-state index contributed by atoms with van der Waals surface area (Å²) in [7, 11) is 0. The van der Waals surface area contributed by atoms with Crippen LogP contribution >= 0.6 is 27.5 Å². The molecule has 22 heavy (non-hydrogen) atoms. The molecule has 0 saturated carbocycles. The first-order valence-corrected chi connectivity index (χ1v) is 8.21. The van der Waals surface area contributed by atoms with Crippen molar-refractivity contribution in [3.8, 4) is 0 Å². The monoisotopic (exact) mass is 387 g/mol. The first-order chi connectivity index (χ1) is 10.4. The van der Waals surface area contributed by atoms with E-state index in [-0.39, 0.29) is 12.5 Å². The summed E-state index contributed by atoms with van der Waals surface area (Å²) >= 11 is 9.48. The predicted molar refractivity (Wildman–Crippen MR) is 89.0 cm³/mol. The molecular formula is C14H19BrClN5O. The first kappa shape index (κ1) is 17.0. The van der Waals surface area contributed by atoms with Gasteiger partial charge in [0.15, 0.2) is 0 Å². The smallest absolute Gasteiger partial charge is 0.241 e. The van der Waals surface area contributed by atoms with Gasteiger partial charge >= 0.3 is 0 Å². The Labute approximate surface area is 143 Å². The van der Waals surface area contributed by atoms with Gasteiger partial charge < -0.3 is 5.32 Å². The molecule has 8 heteroatoms. The molecule has 1 amide bonds. The van der Waals surface area contributed by atoms with Crippen molar-refractivity contribution in [2.24, 2.45) is 0 Å². The Morgan fingerprint density at radius 1 is 1.32 bits per heavy atom. The fourth-order valence-corrected chi connectivity index (χ4v) is 2.56. The number of rotatable bonds is 6. The van der Waals surface area contributed by atoms with Crippen LogP contribution in [-0.4, -0.2) is 32.0 Å². The van der Waals surface area contributed by atoms with E-state index in [9.17, 15) is 4.79 Å². The van der Waals surface area contributed by atoms with E-state index in [0.717, 1.165) is 34.5 Å². The van der Waals surface area contributed by atoms with E-state index >= 15 is 0 Å². The summed E-state index contributed by atoms with van der Waals surface area (Å²) in [6.07, 6.45) is 2.49. The number of amides is 1. The lowest BCUT2D eigenvalue weighted by molar-refractivity contribution is -0.121. The molecule has 2 aromatic rings. The molecule has 120 valence electrons. The molecule has 0 aromatic carbocycles. The van der Waals surface area contributed by atoms with Crippen molar-refractivity contribution >= 4 is 33.4 Å². The molecule has 0 atom stereocenters. The summed E-state index contributed by atoms with van der Waals surface area (Å²) in [5.74, 6) is -0.0508. The van der Waals surface area contributed by atoms with Crippen LogP contribution in [0.5, 0.6) is 0 Å². The molecule has 0 aliphatic carbocycles. The van der Waals surface area contributed by atoms with Gasteiger partial charge in [-0.05, 0) is 43.1 Å². The molecule has 0 spiro atoms. The zero-order chi connectivity index (χ0) is 16.3. The molecule has 0 unspecified atom stereocenters. The third kappa shape index (κ3) is 3.89. The maximum Gasteiger partial charge on any atom is 0.241 e. The second-order valence-corrected chi connectivity index (χ2v) is 6.38. The number of hydrogen-bond donors (Lipinski definition) is 1. The summed E-state index contributed by atoms with van der Waals surface area (Å²) in [4.78, 5) is 11.9. The van der Waals surface area contributed by atoms with Crippen LogP contribution in [0.1, 0.15) is 23.5 Å². The molecule has 2 aromatic heterocycles. The minimum atomic E-state index is -0.0508. The van der Waals surface area contributed by atoms with Crippen LogP contribution in [0.2, 0.25) is 5.02 Å². The number of carbonyl (C=O) groups is 1. The molecule has 0 radical (unpaired) electrons. The minimum Gasteiger partial charge on any atom is -0.354 e. The molecular weight excluding hydrogens is 370 g/mol. The second-order valence-electron chi connectivity index (χ2n) is 5.15. The molecule has 1 N–H and O–H groups in total. The van der Waals surface area contributed by atoms with E-state index in [1.807, 2.05) is 25.5 Å². The van der Waals surface area contributed by atoms with Gasteiger partial charge in [0, 0.05) is 13.1 Å². The third-order valence-electron chi connectivity index (χ3n) is 3.50. The number of nitrogens with zero attached hydrogens (tertiary/aromatic N) is 4. The molecule has 0 aliphatic heterocycles. The Kier molecular flexibility index (Phi) is 5.63. The van der Waals surface area contributed by atoms with Crippen LogP contribution in [0.3, 0.4) is 0 Å². The summed E-state index contributed by atoms with van der Waals surface area (Å²) in [5.41, 5.74) is 2.73. The number of carbonyl (C=O) groups excluding carboxylic acids is 1. The number of nitrogens with one attached hydrogen (secondary N) is 1. The van der Waals surface area contributed by atoms with Gasteiger partial charge in [-0.1, -0.05) is 11.6 Å². The second kappa shape index (κ2) is 7.28. The highest BCUT2D eigenvalue weighted by atomic mass is 79.9. The van der Waals surface area contributed by atoms with Crippen molar-refractivity contribution in [1.82, 2.24) is 24.9 Å². The number of hydrogen-bond acceptors (Lipinski definition) is 3. The van der Waals surface area contributed by atoms with Crippen LogP contribution < -0.4 is 5.32 Å². The van der Waals surface area contributed by atoms with Crippen molar-refractivity contribution < 1.29 is 4.79 Å². The summed E-state index contributed by atoms with van der Waals surface area (Å²) < 4.78 is 4.44. The molecule has 0 aliphatic rings. The van der Waals surface area contributed by atoms with Crippen molar-refractivity contribution in [3.63, 3.8) is 0 Å². The van der Waals surface area contributed by atoms with E-state index in [1.165, 1.54) is 0 Å². The van der Waals surface area contributed by atoms with Crippen LogP contribution in [0.4, 0.5) is 0 Å². The summed E-state index contributed by atoms with van der Waals surface area (Å²) in [6, 6.07) is 0. The number of aromatic nitrogens is 4. The van der Waals surface area contributed by atoms with Crippen molar-refractivity contribution in [2.75, 3.05) is 6.54 Å². The van der Waals surface area contributed by atoms with Crippen LogP contribution in [0, 0.1) is 20.8 Å². The van der Waals surface area contributed by atoms with Crippen LogP contribution in [0.25, 0.3) is 0 Å². The van der Waals surface area contributed by atoms with Crippen molar-refractivity contribution in [1.29, 1.82) is 0 Å². The summed E-state index contributed by atoms with van der Waals surface area (Å²) in [6.45, 7) is 7.29. The summed E-state index contributed by atoms with van der Waals surface area (Å²) in [5, 5.41) is 12.1. The van der Waals surface area contributed by atoms with Gasteiger partial charge in [-0.25, -0.2) is 0 Å². The first-order valence-electron chi connectivity index (χ1n) is 7.04. The van der Waals surface area contributed by atoms with Gasteiger partial charge in [0.1, 0.15) is 6.54 Å². The lowest BCUT2D eigenvalue weighted by Gasteiger charge is -2.08. The quantitative estimate of drug-likeness (QED) is 0.774. The Bertz CT molecular complexity index is 679. The zero-order valence-electron chi connectivity index (χ0n) is 12.9. The van der Waals surface area contributed by atoms with Gasteiger partial charge in [-0.3, -0.25) is 14.2 Å². The van der Waals surface area contributed by atoms with E-state index in [2.05, 4.69) is 31.4 Å². The van der Waals surface area contributed by atoms with E-state index in [1.54, 1.807) is 10.9 Å². The van der Waals surface area contributed by atoms with E-state index < -0.39 is 0 Å². The lowest BCUT2D eigenvalue weighted by atomic mass is 10.3. The van der Waals surface area contributed by atoms with Gasteiger partial charge in [0.05, 0.1) is 32.8 Å². The Morgan fingerprint density at radius 3 is 2.59 bits per heavy atom. The fraction of sp³-hybridized carbons (Fsp3) is 0.500. The zero-order valence-corrected chi connectivity index (χ0v) is 15.2. The average Bonchev–Trinajstić information content (AvgIpc) is 2.92.